The molecule has 12 heteroatoms. The number of halogens is 2. The predicted molar refractivity (Wildman–Crippen MR) is 137 cm³/mol. The van der Waals surface area contributed by atoms with Crippen molar-refractivity contribution in [1.82, 2.24) is 24.4 Å². The van der Waals surface area contributed by atoms with Crippen LogP contribution in [-0.4, -0.2) is 61.3 Å². The zero-order valence-corrected chi connectivity index (χ0v) is 22.1. The molecule has 0 radical (unpaired) electrons. The highest BCUT2D eigenvalue weighted by atomic mass is 35.5. The van der Waals surface area contributed by atoms with Gasteiger partial charge in [0.2, 0.25) is 10.0 Å². The van der Waals surface area contributed by atoms with Crippen molar-refractivity contribution in [3.63, 3.8) is 0 Å². The molecule has 1 fully saturated rings. The number of aromatic nitrogens is 3. The number of sulfonamides is 1. The third-order valence-electron chi connectivity index (χ3n) is 5.88. The standard InChI is InChI=1S/C23H28Cl2N6O3S/c1-4-31-22(16(2)28-35(32,33)20-10-6-9-19(24)21(20)25)26-27-23(31)34-18-8-5-7-17(15-18)30-13-11-29(3)12-14-30/h5-10,15-16,28H,4,11-14H2,1-3H3/t16-/m1/s1. The minimum Gasteiger partial charge on any atom is -0.424 e. The third-order valence-corrected chi connectivity index (χ3v) is 8.40. The number of nitrogens with zero attached hydrogens (tertiary/aromatic N) is 5. The van der Waals surface area contributed by atoms with Crippen LogP contribution in [0.1, 0.15) is 25.7 Å². The van der Waals surface area contributed by atoms with Crippen LogP contribution in [-0.2, 0) is 16.6 Å². The molecule has 0 saturated carbocycles. The first-order chi connectivity index (χ1) is 16.7. The van der Waals surface area contributed by atoms with E-state index in [2.05, 4.69) is 37.8 Å². The Morgan fingerprint density at radius 2 is 1.80 bits per heavy atom. The maximum Gasteiger partial charge on any atom is 0.322 e. The zero-order valence-electron chi connectivity index (χ0n) is 19.8. The molecular formula is C23H28Cl2N6O3S. The number of hydrogen-bond donors (Lipinski definition) is 1. The van der Waals surface area contributed by atoms with Gasteiger partial charge in [-0.25, -0.2) is 13.1 Å². The summed E-state index contributed by atoms with van der Waals surface area (Å²) >= 11 is 12.1. The number of likely N-dealkylation sites (N-methyl/N-ethyl adjacent to an activating group) is 1. The van der Waals surface area contributed by atoms with E-state index in [1.54, 1.807) is 11.5 Å². The van der Waals surface area contributed by atoms with Gasteiger partial charge in [0.25, 0.3) is 0 Å². The fourth-order valence-electron chi connectivity index (χ4n) is 3.95. The van der Waals surface area contributed by atoms with Crippen molar-refractivity contribution in [2.75, 3.05) is 38.1 Å². The Balaban J connectivity index is 1.52. The summed E-state index contributed by atoms with van der Waals surface area (Å²) in [7, 11) is -1.83. The molecule has 2 aromatic carbocycles. The summed E-state index contributed by atoms with van der Waals surface area (Å²) in [5, 5.41) is 8.51. The first-order valence-corrected chi connectivity index (χ1v) is 13.5. The highest BCUT2D eigenvalue weighted by Crippen LogP contribution is 2.31. The van der Waals surface area contributed by atoms with Crippen molar-refractivity contribution in [3.05, 3.63) is 58.3 Å². The van der Waals surface area contributed by atoms with Crippen LogP contribution in [0.3, 0.4) is 0 Å². The number of nitrogens with one attached hydrogen (secondary N) is 1. The van der Waals surface area contributed by atoms with Crippen LogP contribution in [0.2, 0.25) is 10.0 Å². The lowest BCUT2D eigenvalue weighted by atomic mass is 10.2. The average molecular weight is 539 g/mol. The van der Waals surface area contributed by atoms with Gasteiger partial charge in [0.1, 0.15) is 10.6 Å². The molecule has 0 amide bonds. The van der Waals surface area contributed by atoms with Gasteiger partial charge in [-0.2, -0.15) is 0 Å². The summed E-state index contributed by atoms with van der Waals surface area (Å²) < 4.78 is 36.3. The normalized spacial score (nSPS) is 15.9. The van der Waals surface area contributed by atoms with Crippen LogP contribution in [0.4, 0.5) is 5.69 Å². The highest BCUT2D eigenvalue weighted by molar-refractivity contribution is 7.89. The second kappa shape index (κ2) is 10.7. The molecule has 4 rings (SSSR count). The van der Waals surface area contributed by atoms with E-state index >= 15 is 0 Å². The molecule has 0 unspecified atom stereocenters. The van der Waals surface area contributed by atoms with Gasteiger partial charge in [-0.3, -0.25) is 4.57 Å². The Morgan fingerprint density at radius 1 is 1.09 bits per heavy atom. The molecule has 188 valence electrons. The molecule has 1 saturated heterocycles. The number of ether oxygens (including phenoxy) is 1. The van der Waals surface area contributed by atoms with E-state index in [0.717, 1.165) is 31.9 Å². The lowest BCUT2D eigenvalue weighted by Crippen LogP contribution is -2.44. The smallest absolute Gasteiger partial charge is 0.322 e. The SMILES string of the molecule is CCn1c(Oc2cccc(N3CCN(C)CC3)c2)nnc1[C@@H](C)NS(=O)(=O)c1cccc(Cl)c1Cl. The summed E-state index contributed by atoms with van der Waals surface area (Å²) in [6.45, 7) is 7.99. The van der Waals surface area contributed by atoms with Gasteiger partial charge in [0.15, 0.2) is 5.82 Å². The third kappa shape index (κ3) is 5.73. The van der Waals surface area contributed by atoms with E-state index < -0.39 is 16.1 Å². The minimum absolute atomic E-state index is 0.0323. The van der Waals surface area contributed by atoms with Crippen molar-refractivity contribution in [2.45, 2.75) is 31.3 Å². The summed E-state index contributed by atoms with van der Waals surface area (Å²) in [6.07, 6.45) is 0. The van der Waals surface area contributed by atoms with Crippen molar-refractivity contribution in [3.8, 4) is 11.8 Å². The molecular weight excluding hydrogens is 511 g/mol. The Morgan fingerprint density at radius 3 is 2.51 bits per heavy atom. The molecule has 3 aromatic rings. The number of rotatable bonds is 8. The number of anilines is 1. The Kier molecular flexibility index (Phi) is 7.87. The van der Waals surface area contributed by atoms with E-state index in [-0.39, 0.29) is 21.0 Å². The van der Waals surface area contributed by atoms with Crippen LogP contribution in [0.5, 0.6) is 11.8 Å². The molecule has 35 heavy (non-hydrogen) atoms. The number of hydrogen-bond acceptors (Lipinski definition) is 7. The first-order valence-electron chi connectivity index (χ1n) is 11.3. The Labute approximate surface area is 215 Å². The minimum atomic E-state index is -3.95. The molecule has 0 bridgehead atoms. The van der Waals surface area contributed by atoms with E-state index in [9.17, 15) is 8.42 Å². The predicted octanol–water partition coefficient (Wildman–Crippen LogP) is 4.19. The van der Waals surface area contributed by atoms with E-state index in [1.165, 1.54) is 18.2 Å². The number of piperazine rings is 1. The van der Waals surface area contributed by atoms with Crippen LogP contribution < -0.4 is 14.4 Å². The highest BCUT2D eigenvalue weighted by Gasteiger charge is 2.26. The lowest BCUT2D eigenvalue weighted by molar-refractivity contribution is 0.312. The Bertz CT molecular complexity index is 1290. The van der Waals surface area contributed by atoms with E-state index in [0.29, 0.717) is 18.1 Å². The molecule has 1 aliphatic rings. The van der Waals surface area contributed by atoms with Crippen molar-refractivity contribution >= 4 is 38.9 Å². The van der Waals surface area contributed by atoms with E-state index in [1.807, 2.05) is 25.1 Å². The van der Waals surface area contributed by atoms with Gasteiger partial charge < -0.3 is 14.5 Å². The van der Waals surface area contributed by atoms with Crippen LogP contribution >= 0.6 is 23.2 Å². The zero-order chi connectivity index (χ0) is 25.2. The van der Waals surface area contributed by atoms with Crippen LogP contribution in [0.25, 0.3) is 0 Å². The maximum atomic E-state index is 12.9. The molecule has 1 aliphatic heterocycles. The Hall–Kier alpha value is -2.37. The molecule has 1 aromatic heterocycles. The van der Waals surface area contributed by atoms with Gasteiger partial charge >= 0.3 is 6.01 Å². The molecule has 1 atom stereocenters. The molecule has 0 spiro atoms. The van der Waals surface area contributed by atoms with Crippen LogP contribution in [0.15, 0.2) is 47.4 Å². The fourth-order valence-corrected chi connectivity index (χ4v) is 5.91. The largest absolute Gasteiger partial charge is 0.424 e. The quantitative estimate of drug-likeness (QED) is 0.459. The van der Waals surface area contributed by atoms with Gasteiger partial charge in [-0.05, 0) is 45.2 Å². The van der Waals surface area contributed by atoms with Crippen molar-refractivity contribution in [2.24, 2.45) is 0 Å². The average Bonchev–Trinajstić information content (AvgIpc) is 3.23. The lowest BCUT2D eigenvalue weighted by Gasteiger charge is -2.34. The summed E-state index contributed by atoms with van der Waals surface area (Å²) in [5.41, 5.74) is 1.08. The summed E-state index contributed by atoms with van der Waals surface area (Å²) in [5.74, 6) is 1.05. The summed E-state index contributed by atoms with van der Waals surface area (Å²) in [4.78, 5) is 4.52. The van der Waals surface area contributed by atoms with Crippen molar-refractivity contribution < 1.29 is 13.2 Å². The first kappa shape index (κ1) is 25.7. The van der Waals surface area contributed by atoms with Gasteiger partial charge in [0, 0.05) is 44.5 Å². The monoisotopic (exact) mass is 538 g/mol. The van der Waals surface area contributed by atoms with Gasteiger partial charge in [-0.15, -0.1) is 5.10 Å². The van der Waals surface area contributed by atoms with Gasteiger partial charge in [-0.1, -0.05) is 40.4 Å². The summed E-state index contributed by atoms with van der Waals surface area (Å²) in [6, 6.07) is 11.9. The topological polar surface area (TPSA) is 92.6 Å². The molecule has 0 aliphatic carbocycles. The second-order valence-corrected chi connectivity index (χ2v) is 10.8. The van der Waals surface area contributed by atoms with Crippen molar-refractivity contribution in [1.29, 1.82) is 0 Å². The van der Waals surface area contributed by atoms with Crippen LogP contribution in [0, 0.1) is 0 Å². The number of benzene rings is 2. The molecule has 9 nitrogen and oxygen atoms in total. The van der Waals surface area contributed by atoms with Gasteiger partial charge in [0.05, 0.1) is 16.1 Å². The second-order valence-electron chi connectivity index (χ2n) is 8.37. The fraction of sp³-hybridized carbons (Fsp3) is 0.391. The molecule has 1 N–H and O–H groups in total. The molecule has 2 heterocycles. The maximum absolute atomic E-state index is 12.9. The van der Waals surface area contributed by atoms with E-state index in [4.69, 9.17) is 27.9 Å².